The Labute approximate surface area is 177 Å². The number of nitrogens with zero attached hydrogens (tertiary/aromatic N) is 1. The molecule has 1 radical (unpaired) electrons. The zero-order valence-electron chi connectivity index (χ0n) is 12.8. The Hall–Kier alpha value is -0.0761. The van der Waals surface area contributed by atoms with Crippen molar-refractivity contribution in [3.8, 4) is 5.75 Å². The van der Waals surface area contributed by atoms with Crippen LogP contribution in [-0.4, -0.2) is 42.5 Å². The molecular weight excluding hydrogens is 484 g/mol. The molecule has 0 N–H and O–H groups in total. The van der Waals surface area contributed by atoms with Gasteiger partial charge in [0.05, 0.1) is 11.4 Å². The van der Waals surface area contributed by atoms with Crippen molar-refractivity contribution in [3.63, 3.8) is 0 Å². The van der Waals surface area contributed by atoms with Crippen LogP contribution in [0.4, 0.5) is 8.78 Å². The maximum Gasteiger partial charge on any atom is 0.256 e. The first-order valence-electron chi connectivity index (χ1n) is 6.70. The fourth-order valence-electron chi connectivity index (χ4n) is 2.11. The Morgan fingerprint density at radius 3 is 2.79 bits per heavy atom. The van der Waals surface area contributed by atoms with Crippen LogP contribution in [0.1, 0.15) is 12.0 Å². The molecule has 1 heterocycles. The largest absolute Gasteiger partial charge is 0.468 e. The number of allylic oxidation sites excluding steroid dienone is 1. The van der Waals surface area contributed by atoms with Gasteiger partial charge in [0.2, 0.25) is 5.91 Å². The Kier molecular flexibility index (Phi) is 9.30. The zero-order valence-corrected chi connectivity index (χ0v) is 17.9. The Bertz CT molecular complexity index is 618. The molecule has 9 heteroatoms. The van der Waals surface area contributed by atoms with Gasteiger partial charge in [-0.2, -0.15) is 0 Å². The summed E-state index contributed by atoms with van der Waals surface area (Å²) in [4.78, 5) is 12.6. The Morgan fingerprint density at radius 2 is 2.21 bits per heavy atom. The second-order valence-electron chi connectivity index (χ2n) is 4.73. The maximum atomic E-state index is 12.8. The number of hydrogen-bond donors (Lipinski definition) is 0. The average Bonchev–Trinajstić information content (AvgIpc) is 2.50. The summed E-state index contributed by atoms with van der Waals surface area (Å²) in [6.07, 6.45) is 0.594. The summed E-state index contributed by atoms with van der Waals surface area (Å²) in [7, 11) is 1.49. The van der Waals surface area contributed by atoms with Crippen molar-refractivity contribution < 1.29 is 55.8 Å². The van der Waals surface area contributed by atoms with Gasteiger partial charge in [0, 0.05) is 39.8 Å². The van der Waals surface area contributed by atoms with Crippen molar-refractivity contribution in [3.05, 3.63) is 34.9 Å². The van der Waals surface area contributed by atoms with Gasteiger partial charge in [-0.05, 0) is 17.2 Å². The van der Waals surface area contributed by atoms with Gasteiger partial charge in [-0.25, -0.2) is 14.9 Å². The molecule has 0 spiro atoms. The van der Waals surface area contributed by atoms with E-state index in [9.17, 15) is 13.6 Å². The van der Waals surface area contributed by atoms with E-state index >= 15 is 0 Å². The fourth-order valence-corrected chi connectivity index (χ4v) is 2.78. The number of benzene rings is 1. The van der Waals surface area contributed by atoms with E-state index in [0.29, 0.717) is 11.3 Å². The van der Waals surface area contributed by atoms with Gasteiger partial charge in [-0.1, -0.05) is 22.4 Å². The van der Waals surface area contributed by atoms with E-state index in [0.717, 1.165) is 4.90 Å². The van der Waals surface area contributed by atoms with Crippen LogP contribution in [0.25, 0.3) is 5.70 Å². The number of carbonyl (C=O) groups excluding carboxylic acids is 1. The third-order valence-electron chi connectivity index (χ3n) is 3.11. The smallest absolute Gasteiger partial charge is 0.256 e. The summed E-state index contributed by atoms with van der Waals surface area (Å²) in [6.45, 7) is -0.646. The van der Waals surface area contributed by atoms with Crippen LogP contribution in [0.15, 0.2) is 18.2 Å². The number of halogens is 4. The average molecular weight is 499 g/mol. The van der Waals surface area contributed by atoms with Crippen LogP contribution in [0.5, 0.6) is 5.75 Å². The monoisotopic (exact) mass is 497 g/mol. The SMILES string of the molecule is COCOc1ccc(C2=[C-]CC(Br)C(=O)N2CC(F)F)c(Cl)c1.[Y]. The predicted molar refractivity (Wildman–Crippen MR) is 85.7 cm³/mol. The third kappa shape index (κ3) is 5.46. The van der Waals surface area contributed by atoms with Gasteiger partial charge in [0.25, 0.3) is 6.43 Å². The van der Waals surface area contributed by atoms with Gasteiger partial charge < -0.3 is 14.4 Å². The van der Waals surface area contributed by atoms with Crippen molar-refractivity contribution >= 4 is 39.1 Å². The third-order valence-corrected chi connectivity index (χ3v) is 4.14. The molecule has 129 valence electrons. The quantitative estimate of drug-likeness (QED) is 0.341. The van der Waals surface area contributed by atoms with E-state index in [1.807, 2.05) is 0 Å². The fraction of sp³-hybridized carbons (Fsp3) is 0.400. The first-order chi connectivity index (χ1) is 10.9. The van der Waals surface area contributed by atoms with Crippen LogP contribution in [0, 0.1) is 6.08 Å². The van der Waals surface area contributed by atoms with Crippen LogP contribution < -0.4 is 4.74 Å². The number of methoxy groups -OCH3 is 1. The van der Waals surface area contributed by atoms with Crippen molar-refractivity contribution in [2.75, 3.05) is 20.4 Å². The molecule has 0 fully saturated rings. The summed E-state index contributed by atoms with van der Waals surface area (Å²) >= 11 is 9.37. The van der Waals surface area contributed by atoms with Crippen molar-refractivity contribution in [1.82, 2.24) is 4.90 Å². The molecule has 0 aromatic heterocycles. The van der Waals surface area contributed by atoms with E-state index in [2.05, 4.69) is 22.0 Å². The summed E-state index contributed by atoms with van der Waals surface area (Å²) in [5.41, 5.74) is 0.708. The summed E-state index contributed by atoms with van der Waals surface area (Å²) < 4.78 is 35.6. The van der Waals surface area contributed by atoms with E-state index in [1.165, 1.54) is 13.2 Å². The molecule has 1 unspecified atom stereocenters. The van der Waals surface area contributed by atoms with Gasteiger partial charge in [0.1, 0.15) is 5.75 Å². The van der Waals surface area contributed by atoms with Crippen LogP contribution in [-0.2, 0) is 42.2 Å². The molecule has 0 saturated heterocycles. The normalized spacial score (nSPS) is 17.6. The van der Waals surface area contributed by atoms with Crippen molar-refractivity contribution in [1.29, 1.82) is 0 Å². The van der Waals surface area contributed by atoms with E-state index in [4.69, 9.17) is 21.1 Å². The standard InChI is InChI=1S/C15H14BrClF2NO3.Y/c1-22-8-23-9-2-3-10(12(17)6-9)13-5-4-11(16)15(21)20(13)7-14(18)19;/h2-3,6,11,14H,4,7-8H2,1H3;/q-1;. The molecule has 1 aliphatic rings. The van der Waals surface area contributed by atoms with Gasteiger partial charge >= 0.3 is 0 Å². The minimum Gasteiger partial charge on any atom is -0.468 e. The second-order valence-corrected chi connectivity index (χ2v) is 6.24. The number of ether oxygens (including phenoxy) is 2. The van der Waals surface area contributed by atoms with Gasteiger partial charge in [-0.3, -0.25) is 4.79 Å². The molecule has 24 heavy (non-hydrogen) atoms. The minimum absolute atomic E-state index is 0. The first kappa shape index (κ1) is 22.0. The molecule has 4 nitrogen and oxygen atoms in total. The van der Waals surface area contributed by atoms with Gasteiger partial charge in [0.15, 0.2) is 6.79 Å². The van der Waals surface area contributed by atoms with Crippen LogP contribution in [0.3, 0.4) is 0 Å². The Morgan fingerprint density at radius 1 is 1.50 bits per heavy atom. The number of carbonyl (C=O) groups is 1. The molecule has 2 rings (SSSR count). The van der Waals surface area contributed by atoms with Crippen molar-refractivity contribution in [2.45, 2.75) is 17.7 Å². The van der Waals surface area contributed by atoms with Crippen molar-refractivity contribution in [2.24, 2.45) is 0 Å². The molecular formula is C15H14BrClF2NO3Y-. The molecule has 0 bridgehead atoms. The predicted octanol–water partition coefficient (Wildman–Crippen LogP) is 3.73. The molecule has 1 aromatic carbocycles. The summed E-state index contributed by atoms with van der Waals surface area (Å²) in [5, 5.41) is 0.279. The number of amides is 1. The molecule has 1 aliphatic heterocycles. The maximum absolute atomic E-state index is 12.8. The zero-order chi connectivity index (χ0) is 17.0. The summed E-state index contributed by atoms with van der Waals surface area (Å²) in [5.74, 6) is 0.0388. The van der Waals surface area contributed by atoms with E-state index < -0.39 is 23.7 Å². The van der Waals surface area contributed by atoms with Crippen LogP contribution >= 0.6 is 27.5 Å². The van der Waals surface area contributed by atoms with E-state index in [1.54, 1.807) is 12.1 Å². The molecule has 1 aromatic rings. The minimum atomic E-state index is -2.66. The first-order valence-corrected chi connectivity index (χ1v) is 7.99. The van der Waals surface area contributed by atoms with E-state index in [-0.39, 0.29) is 56.6 Å². The topological polar surface area (TPSA) is 38.8 Å². The van der Waals surface area contributed by atoms with Gasteiger partial charge in [-0.15, -0.1) is 28.9 Å². The Balaban J connectivity index is 0.00000288. The summed E-state index contributed by atoms with van der Waals surface area (Å²) in [6, 6.07) is 4.77. The number of rotatable bonds is 6. The second kappa shape index (κ2) is 10.2. The molecule has 0 saturated carbocycles. The molecule has 0 aliphatic carbocycles. The van der Waals surface area contributed by atoms with Crippen LogP contribution in [0.2, 0.25) is 5.02 Å². The number of hydrogen-bond acceptors (Lipinski definition) is 3. The molecule has 1 amide bonds. The molecule has 1 atom stereocenters. The number of alkyl halides is 3.